The number of hydrogen-bond donors (Lipinski definition) is 2. The highest BCUT2D eigenvalue weighted by atomic mass is 32.2. The number of sulfonamides is 1. The minimum absolute atomic E-state index is 0.0278. The maximum Gasteiger partial charge on any atom is 0.416 e. The second-order valence-corrected chi connectivity index (χ2v) is 8.68. The first-order chi connectivity index (χ1) is 14.1. The summed E-state index contributed by atoms with van der Waals surface area (Å²) in [4.78, 5) is 12.3. The van der Waals surface area contributed by atoms with Gasteiger partial charge in [-0.3, -0.25) is 4.79 Å². The second-order valence-electron chi connectivity index (χ2n) is 7.00. The molecule has 30 heavy (non-hydrogen) atoms. The molecule has 0 aliphatic heterocycles. The monoisotopic (exact) mass is 442 g/mol. The molecule has 1 amide bonds. The number of amides is 1. The maximum atomic E-state index is 12.9. The van der Waals surface area contributed by atoms with Crippen molar-refractivity contribution in [2.24, 2.45) is 0 Å². The van der Waals surface area contributed by atoms with Crippen LogP contribution in [0.2, 0.25) is 0 Å². The van der Waals surface area contributed by atoms with E-state index in [1.54, 1.807) is 0 Å². The quantitative estimate of drug-likeness (QED) is 0.703. The minimum Gasteiger partial charge on any atom is -0.495 e. The first-order valence-corrected chi connectivity index (χ1v) is 10.8. The van der Waals surface area contributed by atoms with Crippen molar-refractivity contribution in [3.05, 3.63) is 53.6 Å². The Labute approximate surface area is 172 Å². The third kappa shape index (κ3) is 5.11. The number of anilines is 1. The predicted molar refractivity (Wildman–Crippen MR) is 105 cm³/mol. The molecule has 3 rings (SSSR count). The highest BCUT2D eigenvalue weighted by Gasteiger charge is 2.31. The number of nitrogens with one attached hydrogen (secondary N) is 2. The van der Waals surface area contributed by atoms with Gasteiger partial charge in [-0.25, -0.2) is 13.1 Å². The van der Waals surface area contributed by atoms with Gasteiger partial charge in [-0.2, -0.15) is 13.2 Å². The van der Waals surface area contributed by atoms with Crippen LogP contribution in [0.25, 0.3) is 0 Å². The molecule has 2 aromatic rings. The summed E-state index contributed by atoms with van der Waals surface area (Å²) in [5, 5.41) is 2.36. The molecule has 0 aromatic heterocycles. The van der Waals surface area contributed by atoms with Gasteiger partial charge in [0.2, 0.25) is 10.0 Å². The van der Waals surface area contributed by atoms with Gasteiger partial charge in [-0.05, 0) is 49.2 Å². The van der Waals surface area contributed by atoms with Gasteiger partial charge in [0.25, 0.3) is 5.91 Å². The predicted octanol–water partition coefficient (Wildman–Crippen LogP) is 4.19. The maximum absolute atomic E-state index is 12.9. The Morgan fingerprint density at radius 3 is 2.43 bits per heavy atom. The summed E-state index contributed by atoms with van der Waals surface area (Å²) < 4.78 is 72.0. The second kappa shape index (κ2) is 8.65. The molecular formula is C20H21F3N2O4S. The van der Waals surface area contributed by atoms with Crippen molar-refractivity contribution in [3.63, 3.8) is 0 Å². The number of carbonyl (C=O) groups excluding carboxylic acids is 1. The molecule has 0 atom stereocenters. The van der Waals surface area contributed by atoms with Gasteiger partial charge in [0.15, 0.2) is 0 Å². The summed E-state index contributed by atoms with van der Waals surface area (Å²) in [6.45, 7) is 0. The van der Waals surface area contributed by atoms with Crippen LogP contribution in [0.4, 0.5) is 18.9 Å². The molecule has 0 unspecified atom stereocenters. The van der Waals surface area contributed by atoms with Crippen LogP contribution in [-0.2, 0) is 16.2 Å². The molecule has 1 aliphatic rings. The highest BCUT2D eigenvalue weighted by Crippen LogP contribution is 2.31. The van der Waals surface area contributed by atoms with Gasteiger partial charge in [0, 0.05) is 17.3 Å². The molecular weight excluding hydrogens is 421 g/mol. The summed E-state index contributed by atoms with van der Waals surface area (Å²) in [5.41, 5.74) is -0.988. The molecule has 0 saturated heterocycles. The zero-order valence-electron chi connectivity index (χ0n) is 16.1. The molecule has 1 saturated carbocycles. The zero-order chi connectivity index (χ0) is 21.9. The van der Waals surface area contributed by atoms with Gasteiger partial charge in [-0.15, -0.1) is 0 Å². The summed E-state index contributed by atoms with van der Waals surface area (Å²) in [6, 6.07) is 7.84. The molecule has 10 heteroatoms. The number of ether oxygens (including phenoxy) is 1. The van der Waals surface area contributed by atoms with E-state index in [1.807, 2.05) is 0 Å². The first kappa shape index (κ1) is 22.1. The topological polar surface area (TPSA) is 84.5 Å². The fraction of sp³-hybridized carbons (Fsp3) is 0.350. The Balaban J connectivity index is 1.86. The molecule has 0 radical (unpaired) electrons. The number of carbonyl (C=O) groups is 1. The molecule has 2 N–H and O–H groups in total. The van der Waals surface area contributed by atoms with Crippen LogP contribution in [0.15, 0.2) is 47.4 Å². The Kier molecular flexibility index (Phi) is 6.37. The molecule has 2 aromatic carbocycles. The molecule has 6 nitrogen and oxygen atoms in total. The van der Waals surface area contributed by atoms with Gasteiger partial charge in [-0.1, -0.05) is 18.9 Å². The van der Waals surface area contributed by atoms with Crippen molar-refractivity contribution in [2.75, 3.05) is 12.4 Å². The van der Waals surface area contributed by atoms with Crippen molar-refractivity contribution in [1.82, 2.24) is 4.72 Å². The van der Waals surface area contributed by atoms with E-state index in [-0.39, 0.29) is 27.9 Å². The summed E-state index contributed by atoms with van der Waals surface area (Å²) >= 11 is 0. The standard InChI is InChI=1S/C20H21F3N2O4S/c1-29-17-10-9-13(11-18(17)30(27,28)25-15-6-2-3-7-15)19(26)24-16-8-4-5-14(12-16)20(21,22)23/h4-5,8-12,15,25H,2-3,6-7H2,1H3,(H,24,26). The first-order valence-electron chi connectivity index (χ1n) is 9.29. The van der Waals surface area contributed by atoms with E-state index >= 15 is 0 Å². The van der Waals surface area contributed by atoms with Crippen molar-refractivity contribution < 1.29 is 31.1 Å². The van der Waals surface area contributed by atoms with Gasteiger partial charge in [0.05, 0.1) is 12.7 Å². The van der Waals surface area contributed by atoms with Gasteiger partial charge in [0.1, 0.15) is 10.6 Å². The molecule has 1 fully saturated rings. The summed E-state index contributed by atoms with van der Waals surface area (Å²) in [6.07, 6.45) is -1.21. The Bertz CT molecular complexity index is 1030. The van der Waals surface area contributed by atoms with E-state index in [9.17, 15) is 26.4 Å². The van der Waals surface area contributed by atoms with Crippen LogP contribution in [0.3, 0.4) is 0 Å². The average Bonchev–Trinajstić information content (AvgIpc) is 3.19. The number of alkyl halides is 3. The largest absolute Gasteiger partial charge is 0.495 e. The number of methoxy groups -OCH3 is 1. The summed E-state index contributed by atoms with van der Waals surface area (Å²) in [7, 11) is -2.63. The lowest BCUT2D eigenvalue weighted by molar-refractivity contribution is -0.137. The fourth-order valence-electron chi connectivity index (χ4n) is 3.33. The number of hydrogen-bond acceptors (Lipinski definition) is 4. The lowest BCUT2D eigenvalue weighted by atomic mass is 10.1. The lowest BCUT2D eigenvalue weighted by Gasteiger charge is -2.16. The SMILES string of the molecule is COc1ccc(C(=O)Nc2cccc(C(F)(F)F)c2)cc1S(=O)(=O)NC1CCCC1. The van der Waals surface area contributed by atoms with Crippen molar-refractivity contribution in [3.8, 4) is 5.75 Å². The van der Waals surface area contributed by atoms with Crippen LogP contribution in [0.5, 0.6) is 5.75 Å². The highest BCUT2D eigenvalue weighted by molar-refractivity contribution is 7.89. The number of rotatable bonds is 6. The van der Waals surface area contributed by atoms with E-state index < -0.39 is 27.7 Å². The number of benzene rings is 2. The molecule has 0 heterocycles. The van der Waals surface area contributed by atoms with Crippen molar-refractivity contribution in [1.29, 1.82) is 0 Å². The molecule has 0 spiro atoms. The normalized spacial score (nSPS) is 15.2. The Morgan fingerprint density at radius 2 is 1.80 bits per heavy atom. The van der Waals surface area contributed by atoms with Crippen LogP contribution in [0, 0.1) is 0 Å². The van der Waals surface area contributed by atoms with Crippen molar-refractivity contribution in [2.45, 2.75) is 42.8 Å². The van der Waals surface area contributed by atoms with E-state index in [1.165, 1.54) is 31.4 Å². The zero-order valence-corrected chi connectivity index (χ0v) is 16.9. The van der Waals surface area contributed by atoms with Crippen LogP contribution in [-0.4, -0.2) is 27.5 Å². The van der Waals surface area contributed by atoms with Crippen LogP contribution >= 0.6 is 0 Å². The summed E-state index contributed by atoms with van der Waals surface area (Å²) in [5.74, 6) is -0.676. The van der Waals surface area contributed by atoms with Crippen molar-refractivity contribution >= 4 is 21.6 Å². The van der Waals surface area contributed by atoms with Crippen LogP contribution in [0.1, 0.15) is 41.6 Å². The minimum atomic E-state index is -4.55. The molecule has 0 bridgehead atoms. The van der Waals surface area contributed by atoms with Gasteiger partial charge < -0.3 is 10.1 Å². The Hall–Kier alpha value is -2.59. The van der Waals surface area contributed by atoms with E-state index in [4.69, 9.17) is 4.74 Å². The average molecular weight is 442 g/mol. The Morgan fingerprint density at radius 1 is 1.10 bits per heavy atom. The fourth-order valence-corrected chi connectivity index (χ4v) is 4.83. The lowest BCUT2D eigenvalue weighted by Crippen LogP contribution is -2.33. The van der Waals surface area contributed by atoms with E-state index in [0.717, 1.165) is 43.9 Å². The number of halogens is 3. The molecule has 162 valence electrons. The third-order valence-corrected chi connectivity index (χ3v) is 6.38. The smallest absolute Gasteiger partial charge is 0.416 e. The molecule has 1 aliphatic carbocycles. The third-order valence-electron chi connectivity index (χ3n) is 4.84. The van der Waals surface area contributed by atoms with Crippen LogP contribution < -0.4 is 14.8 Å². The van der Waals surface area contributed by atoms with E-state index in [0.29, 0.717) is 0 Å². The van der Waals surface area contributed by atoms with E-state index in [2.05, 4.69) is 10.0 Å². The van der Waals surface area contributed by atoms with Gasteiger partial charge >= 0.3 is 6.18 Å².